The second-order valence-electron chi connectivity index (χ2n) is 5.87. The summed E-state index contributed by atoms with van der Waals surface area (Å²) in [7, 11) is 0. The largest absolute Gasteiger partial charge is 0.494 e. The van der Waals surface area contributed by atoms with E-state index in [4.69, 9.17) is 4.74 Å². The topological polar surface area (TPSA) is 50.4 Å². The molecule has 2 aromatic carbocycles. The van der Waals surface area contributed by atoms with Crippen LogP contribution in [0, 0.1) is 5.82 Å². The summed E-state index contributed by atoms with van der Waals surface area (Å²) in [5.41, 5.74) is 1.53. The van der Waals surface area contributed by atoms with Crippen LogP contribution in [0.2, 0.25) is 0 Å². The minimum Gasteiger partial charge on any atom is -0.494 e. The first-order valence-corrected chi connectivity index (χ1v) is 8.21. The molecule has 0 unspecified atom stereocenters. The van der Waals surface area contributed by atoms with Crippen molar-refractivity contribution in [2.24, 2.45) is 0 Å². The minimum atomic E-state index is -0.566. The quantitative estimate of drug-likeness (QED) is 0.815. The Balaban J connectivity index is 1.77. The predicted molar refractivity (Wildman–Crippen MR) is 91.5 cm³/mol. The molecule has 0 bridgehead atoms. The van der Waals surface area contributed by atoms with Gasteiger partial charge in [0.15, 0.2) is 0 Å². The van der Waals surface area contributed by atoms with Gasteiger partial charge in [0.05, 0.1) is 6.61 Å². The molecular weight excluding hydrogens is 307 g/mol. The number of ether oxygens (including phenoxy) is 1. The van der Waals surface area contributed by atoms with Gasteiger partial charge in [0, 0.05) is 11.7 Å². The van der Waals surface area contributed by atoms with Gasteiger partial charge in [-0.15, -0.1) is 0 Å². The first-order valence-electron chi connectivity index (χ1n) is 8.21. The summed E-state index contributed by atoms with van der Waals surface area (Å²) in [6.07, 6.45) is 2.04. The molecule has 0 heterocycles. The van der Waals surface area contributed by atoms with E-state index < -0.39 is 6.04 Å². The molecule has 0 radical (unpaired) electrons. The molecule has 24 heavy (non-hydrogen) atoms. The molecule has 3 rings (SSSR count). The molecule has 1 atom stereocenters. The molecule has 0 aliphatic heterocycles. The van der Waals surface area contributed by atoms with Gasteiger partial charge < -0.3 is 15.4 Å². The average Bonchev–Trinajstić information content (AvgIpc) is 3.39. The Kier molecular flexibility index (Phi) is 4.99. The maximum absolute atomic E-state index is 13.2. The molecule has 1 saturated carbocycles. The molecule has 5 heteroatoms. The van der Waals surface area contributed by atoms with Gasteiger partial charge in [-0.2, -0.15) is 0 Å². The molecule has 126 valence electrons. The first-order chi connectivity index (χ1) is 11.7. The van der Waals surface area contributed by atoms with Crippen LogP contribution in [0.5, 0.6) is 5.75 Å². The van der Waals surface area contributed by atoms with Crippen molar-refractivity contribution < 1.29 is 13.9 Å². The van der Waals surface area contributed by atoms with Gasteiger partial charge in [0.25, 0.3) is 0 Å². The molecule has 4 nitrogen and oxygen atoms in total. The molecule has 1 aliphatic rings. The molecule has 0 aromatic heterocycles. The summed E-state index contributed by atoms with van der Waals surface area (Å²) in [5, 5.41) is 6.23. The van der Waals surface area contributed by atoms with Crippen LogP contribution < -0.4 is 15.4 Å². The zero-order valence-corrected chi connectivity index (χ0v) is 13.6. The van der Waals surface area contributed by atoms with Crippen LogP contribution in [0.1, 0.15) is 31.4 Å². The van der Waals surface area contributed by atoms with Crippen molar-refractivity contribution in [2.75, 3.05) is 11.9 Å². The van der Waals surface area contributed by atoms with E-state index in [-0.39, 0.29) is 17.8 Å². The van der Waals surface area contributed by atoms with Gasteiger partial charge in [0.1, 0.15) is 17.6 Å². The SMILES string of the molecule is CCOc1ccc(N[C@@H](C(=O)NC2CC2)c2ccc(F)cc2)cc1. The molecule has 1 amide bonds. The van der Waals surface area contributed by atoms with E-state index in [1.54, 1.807) is 12.1 Å². The van der Waals surface area contributed by atoms with E-state index in [0.29, 0.717) is 6.61 Å². The van der Waals surface area contributed by atoms with Crippen LogP contribution in [0.25, 0.3) is 0 Å². The maximum atomic E-state index is 13.2. The van der Waals surface area contributed by atoms with Crippen molar-refractivity contribution in [1.29, 1.82) is 0 Å². The van der Waals surface area contributed by atoms with Gasteiger partial charge in [-0.3, -0.25) is 4.79 Å². The fourth-order valence-electron chi connectivity index (χ4n) is 2.45. The molecule has 2 N–H and O–H groups in total. The van der Waals surface area contributed by atoms with Crippen LogP contribution in [0.3, 0.4) is 0 Å². The van der Waals surface area contributed by atoms with Crippen LogP contribution in [0.4, 0.5) is 10.1 Å². The highest BCUT2D eigenvalue weighted by molar-refractivity contribution is 5.86. The summed E-state index contributed by atoms with van der Waals surface area (Å²) < 4.78 is 18.6. The number of halogens is 1. The van der Waals surface area contributed by atoms with E-state index in [0.717, 1.165) is 29.8 Å². The number of hydrogen-bond donors (Lipinski definition) is 2. The molecule has 1 fully saturated rings. The normalized spacial score (nSPS) is 14.8. The van der Waals surface area contributed by atoms with Crippen molar-refractivity contribution in [3.05, 3.63) is 59.9 Å². The van der Waals surface area contributed by atoms with Crippen molar-refractivity contribution in [3.63, 3.8) is 0 Å². The summed E-state index contributed by atoms with van der Waals surface area (Å²) in [4.78, 5) is 12.6. The Morgan fingerprint density at radius 2 is 1.83 bits per heavy atom. The smallest absolute Gasteiger partial charge is 0.247 e. The van der Waals surface area contributed by atoms with Crippen LogP contribution in [0.15, 0.2) is 48.5 Å². The second-order valence-corrected chi connectivity index (χ2v) is 5.87. The first kappa shape index (κ1) is 16.3. The Bertz CT molecular complexity index is 682. The van der Waals surface area contributed by atoms with Crippen molar-refractivity contribution in [3.8, 4) is 5.75 Å². The maximum Gasteiger partial charge on any atom is 0.247 e. The highest BCUT2D eigenvalue weighted by Crippen LogP contribution is 2.25. The Hall–Kier alpha value is -2.56. The summed E-state index contributed by atoms with van der Waals surface area (Å²) >= 11 is 0. The van der Waals surface area contributed by atoms with E-state index in [1.807, 2.05) is 31.2 Å². The van der Waals surface area contributed by atoms with Gasteiger partial charge in [-0.25, -0.2) is 4.39 Å². The third kappa shape index (κ3) is 4.25. The van der Waals surface area contributed by atoms with E-state index >= 15 is 0 Å². The predicted octanol–water partition coefficient (Wildman–Crippen LogP) is 3.66. The van der Waals surface area contributed by atoms with Crippen molar-refractivity contribution in [1.82, 2.24) is 5.32 Å². The summed E-state index contributed by atoms with van der Waals surface area (Å²) in [6.45, 7) is 2.54. The standard InChI is InChI=1S/C19H21FN2O2/c1-2-24-17-11-9-15(10-12-17)21-18(19(23)22-16-7-8-16)13-3-5-14(20)6-4-13/h3-6,9-12,16,18,21H,2,7-8H2,1H3,(H,22,23)/t18-/m1/s1. The number of benzene rings is 2. The summed E-state index contributed by atoms with van der Waals surface area (Å²) in [5.74, 6) is 0.364. The lowest BCUT2D eigenvalue weighted by Crippen LogP contribution is -2.34. The Morgan fingerprint density at radius 3 is 2.42 bits per heavy atom. The molecular formula is C19H21FN2O2. The highest BCUT2D eigenvalue weighted by atomic mass is 19.1. The summed E-state index contributed by atoms with van der Waals surface area (Å²) in [6, 6.07) is 13.1. The minimum absolute atomic E-state index is 0.0991. The number of carbonyl (C=O) groups is 1. The monoisotopic (exact) mass is 328 g/mol. The van der Waals surface area contributed by atoms with Gasteiger partial charge in [0.2, 0.25) is 5.91 Å². The fraction of sp³-hybridized carbons (Fsp3) is 0.316. The lowest BCUT2D eigenvalue weighted by Gasteiger charge is -2.20. The zero-order chi connectivity index (χ0) is 16.9. The van der Waals surface area contributed by atoms with E-state index in [1.165, 1.54) is 12.1 Å². The lowest BCUT2D eigenvalue weighted by molar-refractivity contribution is -0.122. The number of rotatable bonds is 7. The third-order valence-electron chi connectivity index (χ3n) is 3.87. The average molecular weight is 328 g/mol. The number of carbonyl (C=O) groups excluding carboxylic acids is 1. The van der Waals surface area contributed by atoms with Gasteiger partial charge >= 0.3 is 0 Å². The van der Waals surface area contributed by atoms with Gasteiger partial charge in [-0.05, 0) is 61.7 Å². The van der Waals surface area contributed by atoms with E-state index in [9.17, 15) is 9.18 Å². The van der Waals surface area contributed by atoms with Gasteiger partial charge in [-0.1, -0.05) is 12.1 Å². The van der Waals surface area contributed by atoms with Crippen LogP contribution >= 0.6 is 0 Å². The number of hydrogen-bond acceptors (Lipinski definition) is 3. The molecule has 1 aliphatic carbocycles. The van der Waals surface area contributed by atoms with Crippen molar-refractivity contribution >= 4 is 11.6 Å². The third-order valence-corrected chi connectivity index (χ3v) is 3.87. The van der Waals surface area contributed by atoms with Crippen LogP contribution in [-0.2, 0) is 4.79 Å². The lowest BCUT2D eigenvalue weighted by atomic mass is 10.1. The van der Waals surface area contributed by atoms with Crippen molar-refractivity contribution in [2.45, 2.75) is 31.8 Å². The molecule has 2 aromatic rings. The number of amides is 1. The second kappa shape index (κ2) is 7.34. The zero-order valence-electron chi connectivity index (χ0n) is 13.6. The fourth-order valence-corrected chi connectivity index (χ4v) is 2.45. The Labute approximate surface area is 141 Å². The van der Waals surface area contributed by atoms with Crippen LogP contribution in [-0.4, -0.2) is 18.6 Å². The highest BCUT2D eigenvalue weighted by Gasteiger charge is 2.28. The van der Waals surface area contributed by atoms with E-state index in [2.05, 4.69) is 10.6 Å². The number of nitrogens with one attached hydrogen (secondary N) is 2. The number of anilines is 1. The Morgan fingerprint density at radius 1 is 1.17 bits per heavy atom. The molecule has 0 spiro atoms. The molecule has 0 saturated heterocycles.